The van der Waals surface area contributed by atoms with Gasteiger partial charge < -0.3 is 24.6 Å². The fourth-order valence-electron chi connectivity index (χ4n) is 4.93. The Bertz CT molecular complexity index is 1020. The van der Waals surface area contributed by atoms with Crippen LogP contribution in [0.15, 0.2) is 36.4 Å². The maximum atomic E-state index is 11.5. The third kappa shape index (κ3) is 7.06. The normalized spacial score (nSPS) is 19.3. The number of aryl methyl sites for hydroxylation is 2. The first kappa shape index (κ1) is 25.7. The number of aliphatic hydroxyl groups is 1. The highest BCUT2D eigenvalue weighted by Crippen LogP contribution is 2.33. The first-order valence-corrected chi connectivity index (χ1v) is 13.0. The van der Waals surface area contributed by atoms with Gasteiger partial charge in [0.1, 0.15) is 5.75 Å². The van der Waals surface area contributed by atoms with Gasteiger partial charge in [-0.3, -0.25) is 4.79 Å². The summed E-state index contributed by atoms with van der Waals surface area (Å²) in [5.41, 5.74) is 6.01. The summed E-state index contributed by atoms with van der Waals surface area (Å²) < 4.78 is 16.6. The van der Waals surface area contributed by atoms with E-state index in [0.29, 0.717) is 32.2 Å². The van der Waals surface area contributed by atoms with Gasteiger partial charge in [0.2, 0.25) is 5.79 Å². The van der Waals surface area contributed by atoms with Gasteiger partial charge in [0, 0.05) is 38.4 Å². The minimum atomic E-state index is -0.617. The van der Waals surface area contributed by atoms with E-state index in [4.69, 9.17) is 14.2 Å². The lowest BCUT2D eigenvalue weighted by Gasteiger charge is -2.33. The van der Waals surface area contributed by atoms with Crippen molar-refractivity contribution in [1.29, 1.82) is 0 Å². The largest absolute Gasteiger partial charge is 0.466 e. The highest BCUT2D eigenvalue weighted by Gasteiger charge is 2.28. The van der Waals surface area contributed by atoms with E-state index in [0.717, 1.165) is 55.4 Å². The molecule has 6 nitrogen and oxygen atoms in total. The fourth-order valence-corrected chi connectivity index (χ4v) is 4.93. The molecule has 2 aromatic rings. The zero-order valence-corrected chi connectivity index (χ0v) is 21.3. The Morgan fingerprint density at radius 1 is 1.17 bits per heavy atom. The quantitative estimate of drug-likeness (QED) is 0.375. The molecule has 190 valence electrons. The van der Waals surface area contributed by atoms with E-state index in [-0.39, 0.29) is 5.97 Å². The maximum Gasteiger partial charge on any atom is 0.305 e. The number of aliphatic hydroxyl groups excluding tert-OH is 1. The summed E-state index contributed by atoms with van der Waals surface area (Å²) in [6.07, 6.45) is 5.83. The summed E-state index contributed by atoms with van der Waals surface area (Å²) in [6.45, 7) is 7.10. The fraction of sp³-hybridized carbons (Fsp3) is 0.552. The molecule has 2 aromatic carbocycles. The standard InChI is InChI=1S/C29H39NO5/c1-4-33-28(32)8-6-5-7-20-9-10-21-11-13-25(17-23(21)15-20)30-18-26(31)22-12-14-27-24(16-22)19-34-29(2,3)35-27/h9-10,12,14-16,25-26,30-31H,4-8,11,13,17-19H2,1-3H3/t25-,26+/m0/s1. The highest BCUT2D eigenvalue weighted by molar-refractivity contribution is 5.69. The number of hydrogen-bond acceptors (Lipinski definition) is 6. The number of rotatable bonds is 10. The molecule has 0 amide bonds. The molecule has 6 heteroatoms. The summed E-state index contributed by atoms with van der Waals surface area (Å²) in [4.78, 5) is 11.5. The Morgan fingerprint density at radius 3 is 2.86 bits per heavy atom. The Labute approximate surface area is 209 Å². The van der Waals surface area contributed by atoms with Gasteiger partial charge in [-0.05, 0) is 79.8 Å². The number of esters is 1. The predicted molar refractivity (Wildman–Crippen MR) is 135 cm³/mol. The van der Waals surface area contributed by atoms with Crippen molar-refractivity contribution in [2.45, 2.75) is 90.3 Å². The highest BCUT2D eigenvalue weighted by atomic mass is 16.7. The molecule has 2 atom stereocenters. The first-order valence-electron chi connectivity index (χ1n) is 13.0. The van der Waals surface area contributed by atoms with Crippen molar-refractivity contribution in [2.75, 3.05) is 13.2 Å². The van der Waals surface area contributed by atoms with Crippen molar-refractivity contribution in [3.63, 3.8) is 0 Å². The van der Waals surface area contributed by atoms with Crippen LogP contribution < -0.4 is 10.1 Å². The van der Waals surface area contributed by atoms with Crippen molar-refractivity contribution in [2.24, 2.45) is 0 Å². The Morgan fingerprint density at radius 2 is 2.03 bits per heavy atom. The Kier molecular flexibility index (Phi) is 8.47. The number of carbonyl (C=O) groups excluding carboxylic acids is 1. The number of unbranched alkanes of at least 4 members (excludes halogenated alkanes) is 1. The van der Waals surface area contributed by atoms with Crippen LogP contribution in [-0.2, 0) is 40.1 Å². The van der Waals surface area contributed by atoms with E-state index >= 15 is 0 Å². The molecule has 0 spiro atoms. The van der Waals surface area contributed by atoms with Crippen LogP contribution in [0.4, 0.5) is 0 Å². The molecule has 1 heterocycles. The van der Waals surface area contributed by atoms with E-state index in [2.05, 4.69) is 23.5 Å². The molecule has 0 bridgehead atoms. The lowest BCUT2D eigenvalue weighted by atomic mass is 9.86. The number of fused-ring (bicyclic) bond motifs is 2. The molecular formula is C29H39NO5. The van der Waals surface area contributed by atoms with Crippen molar-refractivity contribution in [3.8, 4) is 5.75 Å². The molecule has 0 radical (unpaired) electrons. The molecule has 2 aliphatic rings. The van der Waals surface area contributed by atoms with Crippen LogP contribution in [-0.4, -0.2) is 36.1 Å². The molecular weight excluding hydrogens is 442 g/mol. The van der Waals surface area contributed by atoms with E-state index in [1.165, 1.54) is 16.7 Å². The molecule has 35 heavy (non-hydrogen) atoms. The second kappa shape index (κ2) is 11.5. The first-order chi connectivity index (χ1) is 16.8. The molecule has 0 aromatic heterocycles. The number of ether oxygens (including phenoxy) is 3. The lowest BCUT2D eigenvalue weighted by molar-refractivity contribution is -0.180. The van der Waals surface area contributed by atoms with Crippen molar-refractivity contribution in [3.05, 3.63) is 64.2 Å². The molecule has 1 aliphatic heterocycles. The molecule has 2 N–H and O–H groups in total. The van der Waals surface area contributed by atoms with E-state index in [1.807, 2.05) is 39.0 Å². The average molecular weight is 482 g/mol. The van der Waals surface area contributed by atoms with Gasteiger partial charge in [-0.2, -0.15) is 0 Å². The van der Waals surface area contributed by atoms with Crippen molar-refractivity contribution in [1.82, 2.24) is 5.32 Å². The minimum Gasteiger partial charge on any atom is -0.466 e. The van der Waals surface area contributed by atoms with Crippen molar-refractivity contribution >= 4 is 5.97 Å². The minimum absolute atomic E-state index is 0.102. The third-order valence-electron chi connectivity index (χ3n) is 6.90. The van der Waals surface area contributed by atoms with Gasteiger partial charge in [0.05, 0.1) is 19.3 Å². The number of benzene rings is 2. The van der Waals surface area contributed by atoms with E-state index in [9.17, 15) is 9.90 Å². The van der Waals surface area contributed by atoms with Crippen LogP contribution in [0, 0.1) is 0 Å². The predicted octanol–water partition coefficient (Wildman–Crippen LogP) is 4.79. The van der Waals surface area contributed by atoms with Gasteiger partial charge in [-0.15, -0.1) is 0 Å². The van der Waals surface area contributed by atoms with Crippen LogP contribution in [0.3, 0.4) is 0 Å². The van der Waals surface area contributed by atoms with Gasteiger partial charge in [0.25, 0.3) is 0 Å². The monoisotopic (exact) mass is 481 g/mol. The average Bonchev–Trinajstić information content (AvgIpc) is 2.84. The maximum absolute atomic E-state index is 11.5. The zero-order chi connectivity index (χ0) is 24.8. The smallest absolute Gasteiger partial charge is 0.305 e. The van der Waals surface area contributed by atoms with E-state index < -0.39 is 11.9 Å². The Balaban J connectivity index is 1.26. The van der Waals surface area contributed by atoms with Crippen LogP contribution in [0.2, 0.25) is 0 Å². The summed E-state index contributed by atoms with van der Waals surface area (Å²) in [7, 11) is 0. The van der Waals surface area contributed by atoms with Gasteiger partial charge in [-0.25, -0.2) is 0 Å². The molecule has 1 aliphatic carbocycles. The summed E-state index contributed by atoms with van der Waals surface area (Å²) >= 11 is 0. The molecule has 0 fully saturated rings. The van der Waals surface area contributed by atoms with E-state index in [1.54, 1.807) is 0 Å². The summed E-state index contributed by atoms with van der Waals surface area (Å²) in [6, 6.07) is 13.0. The second-order valence-corrected chi connectivity index (χ2v) is 10.1. The van der Waals surface area contributed by atoms with Crippen LogP contribution in [0.1, 0.15) is 80.4 Å². The SMILES string of the molecule is CCOC(=O)CCCCc1ccc2c(c1)C[C@@H](NC[C@@H](O)c1ccc3c(c1)COC(C)(C)O3)CC2. The third-order valence-corrected chi connectivity index (χ3v) is 6.90. The summed E-state index contributed by atoms with van der Waals surface area (Å²) in [5.74, 6) is 0.106. The topological polar surface area (TPSA) is 77.0 Å². The van der Waals surface area contributed by atoms with Gasteiger partial charge in [0.15, 0.2) is 0 Å². The lowest BCUT2D eigenvalue weighted by Crippen LogP contribution is -2.37. The number of carbonyl (C=O) groups is 1. The van der Waals surface area contributed by atoms with Crippen LogP contribution >= 0.6 is 0 Å². The Hall–Kier alpha value is -2.41. The van der Waals surface area contributed by atoms with Crippen LogP contribution in [0.25, 0.3) is 0 Å². The van der Waals surface area contributed by atoms with Gasteiger partial charge >= 0.3 is 5.97 Å². The molecule has 0 saturated heterocycles. The van der Waals surface area contributed by atoms with Crippen LogP contribution in [0.5, 0.6) is 5.75 Å². The number of hydrogen-bond donors (Lipinski definition) is 2. The summed E-state index contributed by atoms with van der Waals surface area (Å²) in [5, 5.41) is 14.4. The second-order valence-electron chi connectivity index (χ2n) is 10.1. The molecule has 4 rings (SSSR count). The molecule has 0 saturated carbocycles. The van der Waals surface area contributed by atoms with Gasteiger partial charge in [-0.1, -0.05) is 24.3 Å². The van der Waals surface area contributed by atoms with Crippen molar-refractivity contribution < 1.29 is 24.1 Å². The number of nitrogens with one attached hydrogen (secondary N) is 1. The molecule has 0 unspecified atom stereocenters. The zero-order valence-electron chi connectivity index (χ0n) is 21.3.